The lowest BCUT2D eigenvalue weighted by molar-refractivity contribution is -0.151. The highest BCUT2D eigenvalue weighted by molar-refractivity contribution is 7.90. The first-order valence-corrected chi connectivity index (χ1v) is 51.6. The van der Waals surface area contributed by atoms with Gasteiger partial charge in [-0.15, -0.1) is 0 Å². The van der Waals surface area contributed by atoms with Crippen LogP contribution in [-0.2, 0) is 121 Å². The van der Waals surface area contributed by atoms with Gasteiger partial charge in [-0.25, -0.2) is 31.1 Å². The topological polar surface area (TPSA) is 585 Å². The smallest absolute Gasteiger partial charge is 0.408 e. The molecule has 146 heavy (non-hydrogen) atoms. The third-order valence-corrected chi connectivity index (χ3v) is 26.9. The van der Waals surface area contributed by atoms with Crippen LogP contribution >= 0.6 is 0 Å². The molecule has 0 unspecified atom stereocenters. The Labute approximate surface area is 849 Å². The fourth-order valence-electron chi connectivity index (χ4n) is 16.3. The molecule has 41 nitrogen and oxygen atoms in total. The fourth-order valence-corrected chi connectivity index (χ4v) is 18.2. The number of fused-ring (bicyclic) bond motifs is 2. The average Bonchev–Trinajstić information content (AvgIpc) is 0.901. The van der Waals surface area contributed by atoms with E-state index in [1.54, 1.807) is 206 Å². The number of sulfonamides is 2. The molecule has 0 bridgehead atoms. The summed E-state index contributed by atoms with van der Waals surface area (Å²) in [4.78, 5) is 193. The minimum absolute atomic E-state index is 0.00905. The third kappa shape index (κ3) is 35.8. The van der Waals surface area contributed by atoms with Crippen molar-refractivity contribution in [2.45, 2.75) is 266 Å². The number of amides is 11. The summed E-state index contributed by atoms with van der Waals surface area (Å²) in [6, 6.07) is 35.1. The fraction of sp³-hybridized carbons (Fsp3) is 0.447. The normalized spacial score (nSPS) is 15.7. The maximum Gasteiger partial charge on any atom is 0.408 e. The van der Waals surface area contributed by atoms with Crippen LogP contribution in [0.15, 0.2) is 198 Å². The molecule has 786 valence electrons. The molecular formula is C103H133N17O24S2. The molecule has 1 aliphatic carbocycles. The first-order chi connectivity index (χ1) is 69.6. The van der Waals surface area contributed by atoms with Crippen molar-refractivity contribution in [2.75, 3.05) is 32.8 Å². The van der Waals surface area contributed by atoms with Crippen LogP contribution in [0.5, 0.6) is 11.5 Å². The zero-order valence-electron chi connectivity index (χ0n) is 83.1. The number of likely N-dealkylation sites (tertiary alicyclic amines) is 1. The molecule has 7 aromatic rings. The summed E-state index contributed by atoms with van der Waals surface area (Å²) in [5.41, 5.74) is 3.38. The van der Waals surface area contributed by atoms with Crippen molar-refractivity contribution in [2.24, 2.45) is 5.92 Å². The average molecular weight is 2060 g/mol. The van der Waals surface area contributed by atoms with Gasteiger partial charge in [-0.2, -0.15) is 0 Å². The number of nitrogens with zero attached hydrogens (tertiary/aromatic N) is 1. The van der Waals surface area contributed by atoms with E-state index >= 15 is 38.4 Å². The monoisotopic (exact) mass is 2060 g/mol. The molecule has 11 atom stereocenters. The first kappa shape index (κ1) is 114. The SMILES string of the molecule is Cc1ccc(S(=O)(=O)NC(=N)NCCC[C@H](NC(=O)[C@H](COCc2ccccc2)NC(=O)[C@H](CCCNC(=N)NS(=O)(=O)c2ccc(C)cc2)NC(=O)[C@@H](NC(=O)[C@H](CC(=O)NC2c3ccccc3Oc3ccccc32)NC(=O)[C@@H]2CCCN2C(=O)[C@@H](NC(=O)[C@H](CCC(=O)OC2CCCCC2)NC(=O)[C@@H](NC(=O)OC(C)(C)C)[C@@H](C)OCc2ccccc2)C(C)C)[C@@H](C)OCc2ccccc2)C(=O)NCC(=O)O)cc1. The van der Waals surface area contributed by atoms with Gasteiger partial charge in [-0.05, 0) is 178 Å². The Morgan fingerprint density at radius 2 is 0.911 bits per heavy atom. The number of para-hydroxylation sites is 2. The van der Waals surface area contributed by atoms with Gasteiger partial charge in [-0.3, -0.25) is 68.4 Å². The molecule has 0 spiro atoms. The predicted molar refractivity (Wildman–Crippen MR) is 537 cm³/mol. The van der Waals surface area contributed by atoms with Gasteiger partial charge >= 0.3 is 18.0 Å². The van der Waals surface area contributed by atoms with Crippen molar-refractivity contribution < 1.29 is 113 Å². The largest absolute Gasteiger partial charge is 0.480 e. The number of ether oxygens (including phenoxy) is 6. The Morgan fingerprint density at radius 3 is 1.41 bits per heavy atom. The number of esters is 1. The van der Waals surface area contributed by atoms with Gasteiger partial charge in [0.05, 0.1) is 60.9 Å². The molecule has 0 aromatic heterocycles. The van der Waals surface area contributed by atoms with Crippen molar-refractivity contribution >= 4 is 109 Å². The van der Waals surface area contributed by atoms with Crippen LogP contribution in [0.1, 0.15) is 183 Å². The van der Waals surface area contributed by atoms with E-state index in [-0.39, 0.29) is 93.9 Å². The summed E-state index contributed by atoms with van der Waals surface area (Å²) in [5.74, 6) is -13.8. The molecule has 0 radical (unpaired) electrons. The van der Waals surface area contributed by atoms with Crippen molar-refractivity contribution in [3.8, 4) is 11.5 Å². The number of carboxylic acids is 1. The summed E-state index contributed by atoms with van der Waals surface area (Å²) < 4.78 is 94.0. The number of aliphatic carboxylic acids is 1. The Morgan fingerprint density at radius 1 is 0.473 bits per heavy atom. The summed E-state index contributed by atoms with van der Waals surface area (Å²) in [5, 5.41) is 58.5. The molecule has 3 aliphatic rings. The number of benzene rings is 7. The lowest BCUT2D eigenvalue weighted by Crippen LogP contribution is -2.63. The number of guanidine groups is 2. The summed E-state index contributed by atoms with van der Waals surface area (Å²) >= 11 is 0. The Bertz CT molecular complexity index is 5860. The van der Waals surface area contributed by atoms with Gasteiger partial charge in [0.1, 0.15) is 84.1 Å². The number of carboxylic acid groups (broad SMARTS) is 1. The van der Waals surface area contributed by atoms with Crippen LogP contribution in [0, 0.1) is 30.6 Å². The van der Waals surface area contributed by atoms with E-state index in [2.05, 4.69) is 73.2 Å². The lowest BCUT2D eigenvalue weighted by atomic mass is 9.94. The number of carbonyl (C=O) groups is 13. The van der Waals surface area contributed by atoms with E-state index < -0.39 is 226 Å². The molecule has 2 aliphatic heterocycles. The number of nitrogens with one attached hydrogen (secondary N) is 16. The molecule has 7 aromatic carbocycles. The quantitative estimate of drug-likeness (QED) is 0.00807. The van der Waals surface area contributed by atoms with Gasteiger partial charge in [0.15, 0.2) is 0 Å². The number of carbonyl (C=O) groups excluding carboxylic acids is 12. The van der Waals surface area contributed by atoms with Gasteiger partial charge in [0.2, 0.25) is 71.0 Å². The Balaban J connectivity index is 0.962. The number of rotatable bonds is 51. The van der Waals surface area contributed by atoms with E-state index in [9.17, 15) is 45.9 Å². The highest BCUT2D eigenvalue weighted by atomic mass is 32.2. The summed E-state index contributed by atoms with van der Waals surface area (Å²) in [6.07, 6.45) is -2.72. The third-order valence-electron chi connectivity index (χ3n) is 24.2. The maximum atomic E-state index is 16.0. The summed E-state index contributed by atoms with van der Waals surface area (Å²) in [7, 11) is -8.60. The standard InChI is InChI=1S/C103H133N17O24S2/c1-63(2)87(115-93(127)78(52-53-86(124)142-71-35-20-13-21-36-71)111-98(132)89(117-102(134)144-103(7,8)9)67(6)141-61-70-33-18-12-19-34-70)99(133)120-56-28-41-81(120)96(130)112-79(57-84(121)114-90-74-37-22-24-42-82(74)143-83-43-25-23-38-75(83)90)94(128)116-88(66(5)140-60-69-31-16-11-17-32-69)97(131)110-77(40-27-55-107-101(105)119-146(137,138)73-50-46-65(4)47-51-73)92(126)113-80(62-139-59-68-29-14-10-15-30-68)95(129)109-76(91(125)108-58-85(122)123)39-26-54-106-100(104)118-145(135,136)72-48-44-64(3)45-49-72/h10-12,14-19,22-25,29-34,37-38,42-51,63,66-67,71,76-81,87-90H,13,20-21,26-28,35-36,39-41,52-62H2,1-9H3,(H,108,125)(H,109,129)(H,110,131)(H,111,132)(H,112,130)(H,113,126)(H,114,121)(H,115,127)(H,116,128)(H,117,134)(H,122,123)(H3,104,106,118)(H3,105,107,119)/t66-,67-,76+,77+,78+,79+,80+,81+,87+,88+,89+/m1/s1. The van der Waals surface area contributed by atoms with E-state index in [1.807, 2.05) is 6.07 Å². The number of hydrogen-bond acceptors (Lipinski definition) is 25. The van der Waals surface area contributed by atoms with E-state index in [0.717, 1.165) is 36.0 Å². The van der Waals surface area contributed by atoms with Crippen molar-refractivity contribution in [1.82, 2.24) is 78.1 Å². The van der Waals surface area contributed by atoms with Crippen LogP contribution < -0.4 is 78.0 Å². The zero-order valence-corrected chi connectivity index (χ0v) is 84.8. The molecule has 10 rings (SSSR count). The lowest BCUT2D eigenvalue weighted by Gasteiger charge is -2.33. The van der Waals surface area contributed by atoms with Gasteiger partial charge in [0, 0.05) is 37.2 Å². The number of aryl methyl sites for hydroxylation is 2. The molecule has 17 N–H and O–H groups in total. The molecule has 2 fully saturated rings. The molecule has 2 heterocycles. The van der Waals surface area contributed by atoms with Crippen LogP contribution in [0.4, 0.5) is 4.79 Å². The van der Waals surface area contributed by atoms with E-state index in [0.29, 0.717) is 46.6 Å². The van der Waals surface area contributed by atoms with Crippen LogP contribution in [0.3, 0.4) is 0 Å². The van der Waals surface area contributed by atoms with Gasteiger partial charge in [0.25, 0.3) is 20.0 Å². The van der Waals surface area contributed by atoms with E-state index in [1.165, 1.54) is 43.0 Å². The molecule has 1 saturated heterocycles. The van der Waals surface area contributed by atoms with Gasteiger partial charge in [-0.1, -0.05) is 183 Å². The van der Waals surface area contributed by atoms with Crippen molar-refractivity contribution in [3.63, 3.8) is 0 Å². The van der Waals surface area contributed by atoms with Gasteiger partial charge < -0.3 is 102 Å². The molecule has 11 amide bonds. The minimum atomic E-state index is -4.35. The second-order valence-corrected chi connectivity index (χ2v) is 40.7. The number of hydrogen-bond donors (Lipinski definition) is 17. The molecular weight excluding hydrogens is 1920 g/mol. The first-order valence-electron chi connectivity index (χ1n) is 48.6. The maximum absolute atomic E-state index is 16.0. The van der Waals surface area contributed by atoms with Crippen LogP contribution in [-0.4, -0.2) is 227 Å². The second-order valence-electron chi connectivity index (χ2n) is 37.3. The van der Waals surface area contributed by atoms with Crippen molar-refractivity contribution in [3.05, 3.63) is 227 Å². The second kappa shape index (κ2) is 55.0. The van der Waals surface area contributed by atoms with Crippen LogP contribution in [0.25, 0.3) is 0 Å². The molecule has 43 heteroatoms. The summed E-state index contributed by atoms with van der Waals surface area (Å²) in [6.45, 7) is 11.9. The highest BCUT2D eigenvalue weighted by Gasteiger charge is 2.44. The highest BCUT2D eigenvalue weighted by Crippen LogP contribution is 2.43. The predicted octanol–water partition coefficient (Wildman–Crippen LogP) is 6.79. The molecule has 1 saturated carbocycles. The van der Waals surface area contributed by atoms with Crippen molar-refractivity contribution in [1.29, 1.82) is 10.8 Å². The minimum Gasteiger partial charge on any atom is -0.480 e. The zero-order chi connectivity index (χ0) is 106. The Kier molecular flexibility index (Phi) is 42.8. The Hall–Kier alpha value is -14.4. The van der Waals surface area contributed by atoms with Crippen LogP contribution in [0.2, 0.25) is 0 Å². The van der Waals surface area contributed by atoms with E-state index in [4.69, 9.17) is 39.2 Å². The number of alkyl carbamates (subject to hydrolysis) is 1.